The Kier molecular flexibility index (Phi) is 5.90. The third-order valence-corrected chi connectivity index (χ3v) is 4.75. The minimum atomic E-state index is -0.199. The molecule has 0 saturated heterocycles. The number of aryl methyl sites for hydroxylation is 3. The number of hydrogen-bond acceptors (Lipinski definition) is 2. The number of carbonyl (C=O) groups is 2. The average molecular weight is 372 g/mol. The van der Waals surface area contributed by atoms with E-state index < -0.39 is 0 Å². The summed E-state index contributed by atoms with van der Waals surface area (Å²) in [5.41, 5.74) is 6.32. The fraction of sp³-hybridized carbons (Fsp3) is 0.167. The van der Waals surface area contributed by atoms with Gasteiger partial charge in [-0.15, -0.1) is 0 Å². The predicted octanol–water partition coefficient (Wildman–Crippen LogP) is 4.79. The molecule has 0 radical (unpaired) electrons. The monoisotopic (exact) mass is 372 g/mol. The fourth-order valence-corrected chi connectivity index (χ4v) is 2.79. The van der Waals surface area contributed by atoms with Gasteiger partial charge in [0.1, 0.15) is 0 Å². The molecule has 0 aliphatic heterocycles. The van der Waals surface area contributed by atoms with Crippen LogP contribution < -0.4 is 10.6 Å². The van der Waals surface area contributed by atoms with Crippen LogP contribution in [0, 0.1) is 20.8 Å². The van der Waals surface area contributed by atoms with Gasteiger partial charge in [0.15, 0.2) is 0 Å². The van der Waals surface area contributed by atoms with E-state index in [2.05, 4.69) is 10.6 Å². The SMILES string of the molecule is Cc1ccc(CNC(=O)c2ccc(C(=O)Nc3ccc(C)c(C)c3)cc2)cc1. The molecule has 3 aromatic carbocycles. The van der Waals surface area contributed by atoms with Gasteiger partial charge >= 0.3 is 0 Å². The summed E-state index contributed by atoms with van der Waals surface area (Å²) in [6.45, 7) is 6.53. The van der Waals surface area contributed by atoms with Crippen LogP contribution in [0.1, 0.15) is 43.0 Å². The Morgan fingerprint density at radius 3 is 1.93 bits per heavy atom. The Morgan fingerprint density at radius 2 is 1.32 bits per heavy atom. The van der Waals surface area contributed by atoms with Gasteiger partial charge < -0.3 is 10.6 Å². The van der Waals surface area contributed by atoms with Crippen LogP contribution in [0.3, 0.4) is 0 Å². The molecule has 0 spiro atoms. The van der Waals surface area contributed by atoms with E-state index >= 15 is 0 Å². The van der Waals surface area contributed by atoms with E-state index in [1.807, 2.05) is 63.2 Å². The van der Waals surface area contributed by atoms with Gasteiger partial charge in [0.05, 0.1) is 0 Å². The number of nitrogens with one attached hydrogen (secondary N) is 2. The molecule has 0 fully saturated rings. The van der Waals surface area contributed by atoms with E-state index in [4.69, 9.17) is 0 Å². The molecule has 0 heterocycles. The maximum absolute atomic E-state index is 12.4. The van der Waals surface area contributed by atoms with E-state index in [0.29, 0.717) is 17.7 Å². The molecule has 2 N–H and O–H groups in total. The van der Waals surface area contributed by atoms with Crippen LogP contribution in [0.15, 0.2) is 66.7 Å². The first-order valence-electron chi connectivity index (χ1n) is 9.25. The molecule has 0 aromatic heterocycles. The standard InChI is InChI=1S/C24H24N2O2/c1-16-4-7-19(8-5-16)15-25-23(27)20-9-11-21(12-10-20)24(28)26-22-13-6-17(2)18(3)14-22/h4-14H,15H2,1-3H3,(H,25,27)(H,26,28). The Bertz CT molecular complexity index is 990. The number of amides is 2. The van der Waals surface area contributed by atoms with Crippen LogP contribution >= 0.6 is 0 Å². The lowest BCUT2D eigenvalue weighted by molar-refractivity contribution is 0.0949. The summed E-state index contributed by atoms with van der Waals surface area (Å²) in [5, 5.41) is 5.78. The molecule has 0 bridgehead atoms. The molecule has 0 atom stereocenters. The molecule has 3 rings (SSSR count). The largest absolute Gasteiger partial charge is 0.348 e. The van der Waals surface area contributed by atoms with Crippen molar-refractivity contribution in [2.24, 2.45) is 0 Å². The summed E-state index contributed by atoms with van der Waals surface area (Å²) < 4.78 is 0. The molecule has 4 nitrogen and oxygen atoms in total. The summed E-state index contributed by atoms with van der Waals surface area (Å²) in [5.74, 6) is -0.364. The summed E-state index contributed by atoms with van der Waals surface area (Å²) in [4.78, 5) is 24.7. The second-order valence-corrected chi connectivity index (χ2v) is 7.00. The van der Waals surface area contributed by atoms with E-state index in [0.717, 1.165) is 16.8 Å². The van der Waals surface area contributed by atoms with Gasteiger partial charge in [0.2, 0.25) is 0 Å². The summed E-state index contributed by atoms with van der Waals surface area (Å²) in [6.07, 6.45) is 0. The number of hydrogen-bond donors (Lipinski definition) is 2. The van der Waals surface area contributed by atoms with Gasteiger partial charge in [-0.2, -0.15) is 0 Å². The van der Waals surface area contributed by atoms with Crippen molar-refractivity contribution in [3.8, 4) is 0 Å². The second-order valence-electron chi connectivity index (χ2n) is 7.00. The second kappa shape index (κ2) is 8.53. The topological polar surface area (TPSA) is 58.2 Å². The molecule has 0 saturated carbocycles. The number of carbonyl (C=O) groups excluding carboxylic acids is 2. The van der Waals surface area contributed by atoms with Crippen molar-refractivity contribution in [1.29, 1.82) is 0 Å². The summed E-state index contributed by atoms with van der Waals surface area (Å²) >= 11 is 0. The molecule has 0 aliphatic rings. The quantitative estimate of drug-likeness (QED) is 0.676. The first kappa shape index (κ1) is 19.4. The Labute approximate surface area is 165 Å². The first-order chi connectivity index (χ1) is 13.4. The molecule has 4 heteroatoms. The summed E-state index contributed by atoms with van der Waals surface area (Å²) in [7, 11) is 0. The van der Waals surface area contributed by atoms with Crippen LogP contribution in [-0.2, 0) is 6.54 Å². The maximum atomic E-state index is 12.4. The predicted molar refractivity (Wildman–Crippen MR) is 113 cm³/mol. The lowest BCUT2D eigenvalue weighted by atomic mass is 10.1. The van der Waals surface area contributed by atoms with Crippen molar-refractivity contribution >= 4 is 17.5 Å². The van der Waals surface area contributed by atoms with E-state index in [1.54, 1.807) is 24.3 Å². The van der Waals surface area contributed by atoms with Gasteiger partial charge in [-0.25, -0.2) is 0 Å². The van der Waals surface area contributed by atoms with Gasteiger partial charge in [-0.3, -0.25) is 9.59 Å². The van der Waals surface area contributed by atoms with Crippen LogP contribution in [0.25, 0.3) is 0 Å². The number of benzene rings is 3. The zero-order valence-electron chi connectivity index (χ0n) is 16.4. The Hall–Kier alpha value is -3.40. The summed E-state index contributed by atoms with van der Waals surface area (Å²) in [6, 6.07) is 20.5. The molecule has 142 valence electrons. The van der Waals surface area contributed by atoms with Crippen molar-refractivity contribution in [3.05, 3.63) is 100 Å². The van der Waals surface area contributed by atoms with Gasteiger partial charge in [-0.05, 0) is 73.9 Å². The van der Waals surface area contributed by atoms with Crippen LogP contribution in [-0.4, -0.2) is 11.8 Å². The average Bonchev–Trinajstić information content (AvgIpc) is 2.70. The normalized spacial score (nSPS) is 10.4. The Balaban J connectivity index is 1.60. The fourth-order valence-electron chi connectivity index (χ4n) is 2.79. The zero-order valence-corrected chi connectivity index (χ0v) is 16.4. The van der Waals surface area contributed by atoms with Crippen molar-refractivity contribution in [1.82, 2.24) is 5.32 Å². The van der Waals surface area contributed by atoms with Crippen molar-refractivity contribution < 1.29 is 9.59 Å². The molecule has 0 unspecified atom stereocenters. The molecule has 0 aliphatic carbocycles. The van der Waals surface area contributed by atoms with E-state index in [1.165, 1.54) is 11.1 Å². The Morgan fingerprint density at radius 1 is 0.714 bits per heavy atom. The third kappa shape index (κ3) is 4.86. The minimum Gasteiger partial charge on any atom is -0.348 e. The van der Waals surface area contributed by atoms with Crippen molar-refractivity contribution in [3.63, 3.8) is 0 Å². The van der Waals surface area contributed by atoms with E-state index in [-0.39, 0.29) is 11.8 Å². The molecular formula is C24H24N2O2. The lowest BCUT2D eigenvalue weighted by Gasteiger charge is -2.09. The smallest absolute Gasteiger partial charge is 0.255 e. The third-order valence-electron chi connectivity index (χ3n) is 4.75. The van der Waals surface area contributed by atoms with Crippen molar-refractivity contribution in [2.75, 3.05) is 5.32 Å². The highest BCUT2D eigenvalue weighted by Gasteiger charge is 2.10. The van der Waals surface area contributed by atoms with Crippen molar-refractivity contribution in [2.45, 2.75) is 27.3 Å². The molecular weight excluding hydrogens is 348 g/mol. The highest BCUT2D eigenvalue weighted by atomic mass is 16.2. The van der Waals surface area contributed by atoms with Crippen LogP contribution in [0.5, 0.6) is 0 Å². The number of anilines is 1. The number of rotatable bonds is 5. The first-order valence-corrected chi connectivity index (χ1v) is 9.25. The van der Waals surface area contributed by atoms with Gasteiger partial charge in [0, 0.05) is 23.4 Å². The minimum absolute atomic E-state index is 0.165. The molecule has 3 aromatic rings. The van der Waals surface area contributed by atoms with Crippen LogP contribution in [0.2, 0.25) is 0 Å². The molecule has 2 amide bonds. The van der Waals surface area contributed by atoms with Crippen LogP contribution in [0.4, 0.5) is 5.69 Å². The maximum Gasteiger partial charge on any atom is 0.255 e. The zero-order chi connectivity index (χ0) is 20.1. The lowest BCUT2D eigenvalue weighted by Crippen LogP contribution is -2.23. The highest BCUT2D eigenvalue weighted by Crippen LogP contribution is 2.15. The van der Waals surface area contributed by atoms with E-state index in [9.17, 15) is 9.59 Å². The van der Waals surface area contributed by atoms with Gasteiger partial charge in [0.25, 0.3) is 11.8 Å². The highest BCUT2D eigenvalue weighted by molar-refractivity contribution is 6.05. The molecule has 28 heavy (non-hydrogen) atoms. The van der Waals surface area contributed by atoms with Gasteiger partial charge in [-0.1, -0.05) is 35.9 Å².